The van der Waals surface area contributed by atoms with Crippen LogP contribution in [0, 0.1) is 0 Å². The maximum absolute atomic E-state index is 12.1. The highest BCUT2D eigenvalue weighted by atomic mass is 35.5. The van der Waals surface area contributed by atoms with E-state index in [2.05, 4.69) is 5.32 Å². The molecule has 0 radical (unpaired) electrons. The van der Waals surface area contributed by atoms with E-state index in [9.17, 15) is 8.42 Å². The van der Waals surface area contributed by atoms with Crippen molar-refractivity contribution in [1.29, 1.82) is 0 Å². The van der Waals surface area contributed by atoms with Gasteiger partial charge in [-0.1, -0.05) is 11.6 Å². The third kappa shape index (κ3) is 2.69. The first-order valence-electron chi connectivity index (χ1n) is 4.81. The highest BCUT2D eigenvalue weighted by Gasteiger charge is 2.29. The highest BCUT2D eigenvalue weighted by Crippen LogP contribution is 2.21. The molecule has 1 aliphatic rings. The molecular weight excluding hydrogens is 269 g/mol. The summed E-state index contributed by atoms with van der Waals surface area (Å²) >= 11 is 5.71. The minimum atomic E-state index is -3.18. The number of rotatable bonds is 2. The first-order chi connectivity index (χ1) is 7.10. The van der Waals surface area contributed by atoms with Gasteiger partial charge in [0.15, 0.2) is 9.84 Å². The van der Waals surface area contributed by atoms with Crippen molar-refractivity contribution < 1.29 is 8.42 Å². The van der Waals surface area contributed by atoms with E-state index in [1.807, 2.05) is 0 Å². The van der Waals surface area contributed by atoms with Crippen LogP contribution in [0.25, 0.3) is 0 Å². The van der Waals surface area contributed by atoms with Gasteiger partial charge in [0, 0.05) is 11.6 Å². The van der Waals surface area contributed by atoms with E-state index in [-0.39, 0.29) is 17.7 Å². The summed E-state index contributed by atoms with van der Waals surface area (Å²) in [4.78, 5) is 0.362. The molecule has 3 nitrogen and oxygen atoms in total. The molecule has 1 aromatic carbocycles. The van der Waals surface area contributed by atoms with Crippen molar-refractivity contribution in [3.8, 4) is 0 Å². The highest BCUT2D eigenvalue weighted by molar-refractivity contribution is 7.92. The van der Waals surface area contributed by atoms with Crippen LogP contribution in [-0.2, 0) is 9.84 Å². The van der Waals surface area contributed by atoms with E-state index < -0.39 is 9.84 Å². The Balaban J connectivity index is 0.00000128. The summed E-state index contributed by atoms with van der Waals surface area (Å²) in [5.74, 6) is 0. The quantitative estimate of drug-likeness (QED) is 0.901. The van der Waals surface area contributed by atoms with Crippen molar-refractivity contribution in [2.45, 2.75) is 16.6 Å². The third-order valence-corrected chi connectivity index (χ3v) is 5.06. The Morgan fingerprint density at radius 2 is 1.88 bits per heavy atom. The van der Waals surface area contributed by atoms with Crippen molar-refractivity contribution in [1.82, 2.24) is 5.32 Å². The van der Waals surface area contributed by atoms with Crippen LogP contribution < -0.4 is 5.32 Å². The maximum atomic E-state index is 12.1. The van der Waals surface area contributed by atoms with E-state index in [0.29, 0.717) is 22.9 Å². The van der Waals surface area contributed by atoms with Crippen LogP contribution in [0.4, 0.5) is 0 Å². The molecule has 1 heterocycles. The average molecular weight is 282 g/mol. The molecule has 2 rings (SSSR count). The van der Waals surface area contributed by atoms with E-state index in [4.69, 9.17) is 11.6 Å². The second kappa shape index (κ2) is 5.36. The largest absolute Gasteiger partial charge is 0.315 e. The van der Waals surface area contributed by atoms with Gasteiger partial charge in [-0.15, -0.1) is 12.4 Å². The molecule has 1 atom stereocenters. The van der Waals surface area contributed by atoms with Gasteiger partial charge in [-0.25, -0.2) is 8.42 Å². The van der Waals surface area contributed by atoms with Crippen molar-refractivity contribution >= 4 is 33.8 Å². The fraction of sp³-hybridized carbons (Fsp3) is 0.400. The van der Waals surface area contributed by atoms with E-state index in [1.54, 1.807) is 24.3 Å². The second-order valence-corrected chi connectivity index (χ2v) is 6.28. The number of hydrogen-bond acceptors (Lipinski definition) is 3. The molecule has 90 valence electrons. The van der Waals surface area contributed by atoms with Gasteiger partial charge in [0.05, 0.1) is 10.1 Å². The number of benzene rings is 1. The van der Waals surface area contributed by atoms with Crippen LogP contribution >= 0.6 is 24.0 Å². The van der Waals surface area contributed by atoms with Gasteiger partial charge in [-0.2, -0.15) is 0 Å². The average Bonchev–Trinajstić information content (AvgIpc) is 2.71. The molecule has 0 bridgehead atoms. The lowest BCUT2D eigenvalue weighted by Gasteiger charge is -2.10. The van der Waals surface area contributed by atoms with Crippen LogP contribution in [0.5, 0.6) is 0 Å². The van der Waals surface area contributed by atoms with Gasteiger partial charge >= 0.3 is 0 Å². The van der Waals surface area contributed by atoms with Crippen LogP contribution in [0.3, 0.4) is 0 Å². The summed E-state index contributed by atoms with van der Waals surface area (Å²) in [6, 6.07) is 6.35. The van der Waals surface area contributed by atoms with Crippen LogP contribution in [-0.4, -0.2) is 26.8 Å². The number of halogens is 2. The van der Waals surface area contributed by atoms with Crippen LogP contribution in [0.15, 0.2) is 29.2 Å². The molecule has 1 N–H and O–H groups in total. The molecule has 0 saturated carbocycles. The van der Waals surface area contributed by atoms with Crippen molar-refractivity contribution in [3.63, 3.8) is 0 Å². The smallest absolute Gasteiger partial charge is 0.182 e. The molecule has 0 unspecified atom stereocenters. The summed E-state index contributed by atoms with van der Waals surface area (Å²) in [6.45, 7) is 1.32. The predicted octanol–water partition coefficient (Wildman–Crippen LogP) is 1.90. The SMILES string of the molecule is Cl.O=S(=O)(c1ccc(Cl)cc1)[C@@H]1CCNC1. The molecule has 6 heteroatoms. The number of sulfone groups is 1. The Morgan fingerprint density at radius 3 is 2.38 bits per heavy atom. The summed E-state index contributed by atoms with van der Waals surface area (Å²) in [6.07, 6.45) is 0.685. The lowest BCUT2D eigenvalue weighted by Crippen LogP contribution is -2.23. The molecule has 0 aromatic heterocycles. The van der Waals surface area contributed by atoms with Crippen LogP contribution in [0.2, 0.25) is 5.02 Å². The molecule has 1 fully saturated rings. The molecule has 0 aliphatic carbocycles. The predicted molar refractivity (Wildman–Crippen MR) is 67.2 cm³/mol. The molecular formula is C10H13Cl2NO2S. The zero-order valence-electron chi connectivity index (χ0n) is 8.52. The van der Waals surface area contributed by atoms with Crippen molar-refractivity contribution in [2.75, 3.05) is 13.1 Å². The Hall–Kier alpha value is -0.290. The maximum Gasteiger partial charge on any atom is 0.182 e. The van der Waals surface area contributed by atoms with Gasteiger partial charge in [-0.05, 0) is 37.2 Å². The van der Waals surface area contributed by atoms with E-state index in [1.165, 1.54) is 0 Å². The van der Waals surface area contributed by atoms with Gasteiger partial charge in [-0.3, -0.25) is 0 Å². The Kier molecular flexibility index (Phi) is 4.62. The van der Waals surface area contributed by atoms with Gasteiger partial charge in [0.25, 0.3) is 0 Å². The topological polar surface area (TPSA) is 46.2 Å². The second-order valence-electron chi connectivity index (χ2n) is 3.61. The molecule has 0 amide bonds. The zero-order valence-corrected chi connectivity index (χ0v) is 10.9. The molecule has 1 aliphatic heterocycles. The normalized spacial score (nSPS) is 20.4. The fourth-order valence-electron chi connectivity index (χ4n) is 1.71. The van der Waals surface area contributed by atoms with E-state index in [0.717, 1.165) is 6.54 Å². The number of hydrogen-bond donors (Lipinski definition) is 1. The first kappa shape index (κ1) is 13.8. The Labute approximate surface area is 107 Å². The van der Waals surface area contributed by atoms with Crippen LogP contribution in [0.1, 0.15) is 6.42 Å². The standard InChI is InChI=1S/C10H12ClNO2S.ClH/c11-8-1-3-9(4-2-8)15(13,14)10-5-6-12-7-10;/h1-4,10,12H,5-7H2;1H/t10-;/m1./s1. The zero-order chi connectivity index (χ0) is 10.9. The minimum absolute atomic E-state index is 0. The lowest BCUT2D eigenvalue weighted by molar-refractivity contribution is 0.583. The summed E-state index contributed by atoms with van der Waals surface area (Å²) in [7, 11) is -3.18. The summed E-state index contributed by atoms with van der Waals surface area (Å²) < 4.78 is 24.1. The molecule has 1 saturated heterocycles. The summed E-state index contributed by atoms with van der Waals surface area (Å²) in [5, 5.41) is 3.32. The lowest BCUT2D eigenvalue weighted by atomic mass is 10.4. The van der Waals surface area contributed by atoms with Gasteiger partial charge in [0.1, 0.15) is 0 Å². The van der Waals surface area contributed by atoms with Crippen molar-refractivity contribution in [2.24, 2.45) is 0 Å². The molecule has 16 heavy (non-hydrogen) atoms. The first-order valence-corrected chi connectivity index (χ1v) is 6.73. The third-order valence-electron chi connectivity index (χ3n) is 2.60. The van der Waals surface area contributed by atoms with Gasteiger partial charge in [0.2, 0.25) is 0 Å². The van der Waals surface area contributed by atoms with Gasteiger partial charge < -0.3 is 5.32 Å². The Bertz CT molecular complexity index is 438. The summed E-state index contributed by atoms with van der Waals surface area (Å²) in [5.41, 5.74) is 0. The fourth-order valence-corrected chi connectivity index (χ4v) is 3.50. The molecule has 0 spiro atoms. The minimum Gasteiger partial charge on any atom is -0.315 e. The van der Waals surface area contributed by atoms with Crippen molar-refractivity contribution in [3.05, 3.63) is 29.3 Å². The Morgan fingerprint density at radius 1 is 1.25 bits per heavy atom. The molecule has 1 aromatic rings. The monoisotopic (exact) mass is 281 g/mol. The van der Waals surface area contributed by atoms with E-state index >= 15 is 0 Å². The number of nitrogens with one attached hydrogen (secondary N) is 1.